The second-order valence-corrected chi connectivity index (χ2v) is 5.16. The molecule has 0 radical (unpaired) electrons. The molecule has 2 rings (SSSR count). The number of benzene rings is 1. The molecule has 0 atom stereocenters. The number of hydrogen-bond acceptors (Lipinski definition) is 5. The molecule has 2 aromatic rings. The topological polar surface area (TPSA) is 76.6 Å². The number of hydrogen-bond donors (Lipinski definition) is 1. The van der Waals surface area contributed by atoms with Gasteiger partial charge in [-0.2, -0.15) is 0 Å². The first-order valence-corrected chi connectivity index (χ1v) is 7.37. The Labute approximate surface area is 125 Å². The summed E-state index contributed by atoms with van der Waals surface area (Å²) < 4.78 is 1.97. The number of nitrogens with zero attached hydrogens (tertiary/aromatic N) is 3. The summed E-state index contributed by atoms with van der Waals surface area (Å²) in [6.07, 6.45) is 1.76. The van der Waals surface area contributed by atoms with Gasteiger partial charge in [-0.15, -0.1) is 11.8 Å². The van der Waals surface area contributed by atoms with Gasteiger partial charge < -0.3 is 5.11 Å². The van der Waals surface area contributed by atoms with Crippen LogP contribution in [0, 0.1) is 0 Å². The van der Waals surface area contributed by atoms with E-state index < -0.39 is 11.2 Å². The van der Waals surface area contributed by atoms with Crippen LogP contribution in [0.2, 0.25) is 0 Å². The maximum Gasteiger partial charge on any atom is 0.333 e. The van der Waals surface area contributed by atoms with E-state index in [1.54, 1.807) is 18.4 Å². The second-order valence-electron chi connectivity index (χ2n) is 4.36. The van der Waals surface area contributed by atoms with Gasteiger partial charge in [-0.25, -0.2) is 9.79 Å². The van der Waals surface area contributed by atoms with Gasteiger partial charge in [0, 0.05) is 14.1 Å². The van der Waals surface area contributed by atoms with Gasteiger partial charge in [0.25, 0.3) is 5.56 Å². The highest BCUT2D eigenvalue weighted by Gasteiger charge is 2.19. The van der Waals surface area contributed by atoms with Gasteiger partial charge in [0.15, 0.2) is 0 Å². The monoisotopic (exact) mass is 305 g/mol. The Balaban J connectivity index is 2.73. The number of para-hydroxylation sites is 1. The van der Waals surface area contributed by atoms with Crippen molar-refractivity contribution in [3.8, 4) is 5.88 Å². The molecule has 0 aliphatic heterocycles. The molecule has 0 amide bonds. The van der Waals surface area contributed by atoms with Gasteiger partial charge >= 0.3 is 5.69 Å². The first-order chi connectivity index (χ1) is 9.97. The van der Waals surface area contributed by atoms with Gasteiger partial charge in [0.2, 0.25) is 5.88 Å². The van der Waals surface area contributed by atoms with Crippen LogP contribution in [-0.2, 0) is 14.1 Å². The van der Waals surface area contributed by atoms with Gasteiger partial charge in [0.1, 0.15) is 10.6 Å². The minimum Gasteiger partial charge on any atom is -0.494 e. The molecule has 0 saturated carbocycles. The third kappa shape index (κ3) is 2.78. The average molecular weight is 305 g/mol. The molecular formula is C14H15N3O3S. The number of aromatic hydroxyl groups is 1. The van der Waals surface area contributed by atoms with Crippen molar-refractivity contribution in [1.29, 1.82) is 0 Å². The molecule has 0 aliphatic carbocycles. The van der Waals surface area contributed by atoms with E-state index >= 15 is 0 Å². The molecule has 1 aromatic carbocycles. The third-order valence-corrected chi connectivity index (χ3v) is 3.71. The van der Waals surface area contributed by atoms with Gasteiger partial charge in [-0.05, 0) is 18.4 Å². The molecule has 0 saturated heterocycles. The fraction of sp³-hybridized carbons (Fsp3) is 0.214. The zero-order valence-corrected chi connectivity index (χ0v) is 12.7. The van der Waals surface area contributed by atoms with Gasteiger partial charge in [-0.1, -0.05) is 18.2 Å². The molecule has 7 heteroatoms. The van der Waals surface area contributed by atoms with Crippen LogP contribution in [0.25, 0.3) is 0 Å². The molecule has 0 fully saturated rings. The van der Waals surface area contributed by atoms with Crippen LogP contribution < -0.4 is 11.2 Å². The minimum absolute atomic E-state index is 0.0240. The summed E-state index contributed by atoms with van der Waals surface area (Å²) in [5.41, 5.74) is -0.464. The lowest BCUT2D eigenvalue weighted by molar-refractivity contribution is 0.410. The zero-order valence-electron chi connectivity index (χ0n) is 11.9. The lowest BCUT2D eigenvalue weighted by atomic mass is 10.3. The van der Waals surface area contributed by atoms with Crippen molar-refractivity contribution in [2.75, 3.05) is 6.26 Å². The van der Waals surface area contributed by atoms with Crippen molar-refractivity contribution < 1.29 is 5.11 Å². The Morgan fingerprint density at radius 1 is 1.14 bits per heavy atom. The quantitative estimate of drug-likeness (QED) is 0.669. The van der Waals surface area contributed by atoms with Crippen molar-refractivity contribution >= 4 is 22.5 Å². The molecule has 0 spiro atoms. The van der Waals surface area contributed by atoms with Crippen LogP contribution in [0.3, 0.4) is 0 Å². The van der Waals surface area contributed by atoms with Crippen molar-refractivity contribution in [2.24, 2.45) is 19.1 Å². The molecular weight excluding hydrogens is 290 g/mol. The highest BCUT2D eigenvalue weighted by atomic mass is 32.2. The van der Waals surface area contributed by atoms with Crippen LogP contribution in [0.4, 0.5) is 5.69 Å². The smallest absolute Gasteiger partial charge is 0.333 e. The number of thioether (sulfide) groups is 1. The predicted octanol–water partition coefficient (Wildman–Crippen LogP) is 1.23. The lowest BCUT2D eigenvalue weighted by Gasteiger charge is -2.11. The molecule has 1 aromatic heterocycles. The van der Waals surface area contributed by atoms with Crippen LogP contribution in [0.5, 0.6) is 5.88 Å². The summed E-state index contributed by atoms with van der Waals surface area (Å²) in [6.45, 7) is 0. The largest absolute Gasteiger partial charge is 0.494 e. The van der Waals surface area contributed by atoms with E-state index in [4.69, 9.17) is 0 Å². The SMILES string of the molecule is CSC(=Nc1ccccc1)c1c(O)n(C)c(=O)n(C)c1=O. The number of rotatable bonds is 2. The molecule has 0 unspecified atom stereocenters. The summed E-state index contributed by atoms with van der Waals surface area (Å²) in [4.78, 5) is 28.4. The van der Waals surface area contributed by atoms with E-state index in [2.05, 4.69) is 4.99 Å². The van der Waals surface area contributed by atoms with E-state index in [1.807, 2.05) is 18.2 Å². The Kier molecular flexibility index (Phi) is 4.32. The summed E-state index contributed by atoms with van der Waals surface area (Å²) in [7, 11) is 2.77. The molecule has 6 nitrogen and oxygen atoms in total. The normalized spacial score (nSPS) is 11.7. The van der Waals surface area contributed by atoms with Crippen LogP contribution in [-0.4, -0.2) is 25.5 Å². The Morgan fingerprint density at radius 2 is 1.76 bits per heavy atom. The first kappa shape index (κ1) is 15.1. The first-order valence-electron chi connectivity index (χ1n) is 6.14. The molecule has 110 valence electrons. The average Bonchev–Trinajstić information content (AvgIpc) is 2.51. The highest BCUT2D eigenvalue weighted by molar-refractivity contribution is 8.13. The molecule has 0 bridgehead atoms. The standard InChI is InChI=1S/C14H15N3O3S/c1-16-12(18)10(13(19)17(2)14(16)20)11(21-3)15-9-7-5-4-6-8-9/h4-8,18H,1-3H3. The fourth-order valence-corrected chi connectivity index (χ4v) is 2.42. The summed E-state index contributed by atoms with van der Waals surface area (Å²) in [5.74, 6) is -0.382. The third-order valence-electron chi connectivity index (χ3n) is 3.03. The second kappa shape index (κ2) is 6.01. The van der Waals surface area contributed by atoms with Gasteiger partial charge in [0.05, 0.1) is 5.69 Å². The maximum atomic E-state index is 12.2. The van der Waals surface area contributed by atoms with Gasteiger partial charge in [-0.3, -0.25) is 13.9 Å². The van der Waals surface area contributed by atoms with E-state index in [9.17, 15) is 14.7 Å². The highest BCUT2D eigenvalue weighted by Crippen LogP contribution is 2.21. The Bertz CT molecular complexity index is 807. The lowest BCUT2D eigenvalue weighted by Crippen LogP contribution is -2.39. The summed E-state index contributed by atoms with van der Waals surface area (Å²) in [5, 5.41) is 10.5. The fourth-order valence-electron chi connectivity index (χ4n) is 1.84. The Morgan fingerprint density at radius 3 is 2.33 bits per heavy atom. The van der Waals surface area contributed by atoms with Crippen molar-refractivity contribution in [2.45, 2.75) is 0 Å². The zero-order chi connectivity index (χ0) is 15.6. The summed E-state index contributed by atoms with van der Waals surface area (Å²) >= 11 is 1.23. The Hall–Kier alpha value is -2.28. The van der Waals surface area contributed by atoms with Crippen molar-refractivity contribution in [3.05, 3.63) is 56.7 Å². The van der Waals surface area contributed by atoms with Crippen LogP contribution >= 0.6 is 11.8 Å². The van der Waals surface area contributed by atoms with E-state index in [1.165, 1.54) is 25.9 Å². The van der Waals surface area contributed by atoms with E-state index in [0.717, 1.165) is 9.13 Å². The van der Waals surface area contributed by atoms with Crippen LogP contribution in [0.15, 0.2) is 44.9 Å². The minimum atomic E-state index is -0.582. The molecule has 1 N–H and O–H groups in total. The molecule has 1 heterocycles. The maximum absolute atomic E-state index is 12.2. The van der Waals surface area contributed by atoms with E-state index in [0.29, 0.717) is 10.7 Å². The van der Waals surface area contributed by atoms with E-state index in [-0.39, 0.29) is 11.4 Å². The number of aromatic nitrogens is 2. The predicted molar refractivity (Wildman–Crippen MR) is 84.7 cm³/mol. The molecule has 21 heavy (non-hydrogen) atoms. The molecule has 0 aliphatic rings. The van der Waals surface area contributed by atoms with Crippen LogP contribution in [0.1, 0.15) is 5.56 Å². The summed E-state index contributed by atoms with van der Waals surface area (Å²) in [6, 6.07) is 9.10. The number of aliphatic imine (C=N–C) groups is 1. The van der Waals surface area contributed by atoms with Crippen molar-refractivity contribution in [1.82, 2.24) is 9.13 Å². The van der Waals surface area contributed by atoms with Crippen molar-refractivity contribution in [3.63, 3.8) is 0 Å².